The van der Waals surface area contributed by atoms with Gasteiger partial charge in [0.2, 0.25) is 0 Å². The summed E-state index contributed by atoms with van der Waals surface area (Å²) < 4.78 is 13.1. The lowest BCUT2D eigenvalue weighted by Crippen LogP contribution is -2.21. The molecule has 0 radical (unpaired) electrons. The van der Waals surface area contributed by atoms with E-state index in [1.54, 1.807) is 0 Å². The molecule has 1 unspecified atom stereocenters. The van der Waals surface area contributed by atoms with Gasteiger partial charge in [-0.3, -0.25) is 0 Å². The Morgan fingerprint density at radius 3 is 1.95 bits per heavy atom. The zero-order valence-corrected chi connectivity index (χ0v) is 12.2. The molecule has 106 valence electrons. The molecule has 0 saturated carbocycles. The molecule has 0 aliphatic rings. The summed E-state index contributed by atoms with van der Waals surface area (Å²) >= 11 is 0. The van der Waals surface area contributed by atoms with Crippen LogP contribution in [0.15, 0.2) is 48.5 Å². The van der Waals surface area contributed by atoms with Gasteiger partial charge in [-0.2, -0.15) is 0 Å². The highest BCUT2D eigenvalue weighted by molar-refractivity contribution is 5.33. The van der Waals surface area contributed by atoms with Crippen LogP contribution in [0.4, 0.5) is 4.39 Å². The summed E-state index contributed by atoms with van der Waals surface area (Å²) in [6.45, 7) is 5.15. The molecule has 1 nitrogen and oxygen atoms in total. The van der Waals surface area contributed by atoms with Gasteiger partial charge in [0.15, 0.2) is 0 Å². The lowest BCUT2D eigenvalue weighted by atomic mass is 9.97. The lowest BCUT2D eigenvalue weighted by molar-refractivity contribution is 0.613. The predicted octanol–water partition coefficient (Wildman–Crippen LogP) is 4.48. The summed E-state index contributed by atoms with van der Waals surface area (Å²) in [4.78, 5) is 0. The van der Waals surface area contributed by atoms with Crippen molar-refractivity contribution in [3.8, 4) is 0 Å². The molecule has 2 heteroatoms. The molecule has 0 aliphatic carbocycles. The fourth-order valence-corrected chi connectivity index (χ4v) is 2.45. The van der Waals surface area contributed by atoms with Gasteiger partial charge < -0.3 is 5.32 Å². The lowest BCUT2D eigenvalue weighted by Gasteiger charge is -2.19. The van der Waals surface area contributed by atoms with Gasteiger partial charge in [-0.15, -0.1) is 0 Å². The van der Waals surface area contributed by atoms with Crippen LogP contribution in [0.25, 0.3) is 0 Å². The molecule has 20 heavy (non-hydrogen) atoms. The van der Waals surface area contributed by atoms with Crippen LogP contribution in [0.5, 0.6) is 0 Å². The highest BCUT2D eigenvalue weighted by Gasteiger charge is 2.12. The average Bonchev–Trinajstić information content (AvgIpc) is 2.47. The molecule has 0 aromatic heterocycles. The second-order valence-corrected chi connectivity index (χ2v) is 5.03. The standard InChI is InChI=1S/C18H22FN/c1-3-5-14-6-8-15(9-7-14)18(20-4-2)16-10-12-17(19)13-11-16/h6-13,18,20H,3-5H2,1-2H3. The second-order valence-electron chi connectivity index (χ2n) is 5.03. The van der Waals surface area contributed by atoms with E-state index in [-0.39, 0.29) is 11.9 Å². The first-order valence-corrected chi connectivity index (χ1v) is 7.32. The summed E-state index contributed by atoms with van der Waals surface area (Å²) in [6, 6.07) is 15.6. The first kappa shape index (κ1) is 14.7. The van der Waals surface area contributed by atoms with Crippen molar-refractivity contribution in [2.24, 2.45) is 0 Å². The van der Waals surface area contributed by atoms with Crippen LogP contribution in [0.3, 0.4) is 0 Å². The highest BCUT2D eigenvalue weighted by atomic mass is 19.1. The highest BCUT2D eigenvalue weighted by Crippen LogP contribution is 2.23. The van der Waals surface area contributed by atoms with Crippen molar-refractivity contribution < 1.29 is 4.39 Å². The van der Waals surface area contributed by atoms with Gasteiger partial charge in [-0.25, -0.2) is 4.39 Å². The van der Waals surface area contributed by atoms with Crippen molar-refractivity contribution >= 4 is 0 Å². The molecule has 2 aromatic rings. The number of nitrogens with one attached hydrogen (secondary N) is 1. The third kappa shape index (κ3) is 3.67. The molecule has 0 amide bonds. The number of halogens is 1. The summed E-state index contributed by atoms with van der Waals surface area (Å²) in [7, 11) is 0. The van der Waals surface area contributed by atoms with Crippen LogP contribution >= 0.6 is 0 Å². The Morgan fingerprint density at radius 1 is 0.900 bits per heavy atom. The largest absolute Gasteiger partial charge is 0.307 e. The maximum Gasteiger partial charge on any atom is 0.123 e. The molecular weight excluding hydrogens is 249 g/mol. The molecular formula is C18H22FN. The summed E-state index contributed by atoms with van der Waals surface area (Å²) in [5, 5.41) is 3.46. The van der Waals surface area contributed by atoms with Gasteiger partial charge in [-0.05, 0) is 41.8 Å². The number of benzene rings is 2. The van der Waals surface area contributed by atoms with Crippen LogP contribution in [0, 0.1) is 5.82 Å². The third-order valence-electron chi connectivity index (χ3n) is 3.46. The monoisotopic (exact) mass is 271 g/mol. The van der Waals surface area contributed by atoms with E-state index in [1.165, 1.54) is 23.3 Å². The Balaban J connectivity index is 2.25. The predicted molar refractivity (Wildman–Crippen MR) is 82.4 cm³/mol. The molecule has 0 saturated heterocycles. The molecule has 0 spiro atoms. The number of hydrogen-bond acceptors (Lipinski definition) is 1. The van der Waals surface area contributed by atoms with Crippen molar-refractivity contribution in [1.29, 1.82) is 0 Å². The molecule has 2 aromatic carbocycles. The van der Waals surface area contributed by atoms with E-state index in [9.17, 15) is 4.39 Å². The number of rotatable bonds is 6. The first-order valence-electron chi connectivity index (χ1n) is 7.32. The quantitative estimate of drug-likeness (QED) is 0.817. The molecule has 1 atom stereocenters. The van der Waals surface area contributed by atoms with Crippen molar-refractivity contribution in [1.82, 2.24) is 5.32 Å². The van der Waals surface area contributed by atoms with E-state index in [0.717, 1.165) is 24.9 Å². The van der Waals surface area contributed by atoms with Gasteiger partial charge in [0.05, 0.1) is 6.04 Å². The van der Waals surface area contributed by atoms with Crippen LogP contribution in [0.2, 0.25) is 0 Å². The minimum Gasteiger partial charge on any atom is -0.307 e. The fourth-order valence-electron chi connectivity index (χ4n) is 2.45. The fraction of sp³-hybridized carbons (Fsp3) is 0.333. The van der Waals surface area contributed by atoms with E-state index in [1.807, 2.05) is 12.1 Å². The average molecular weight is 271 g/mol. The van der Waals surface area contributed by atoms with Crippen molar-refractivity contribution in [2.75, 3.05) is 6.54 Å². The summed E-state index contributed by atoms with van der Waals surface area (Å²) in [5.74, 6) is -0.192. The van der Waals surface area contributed by atoms with Crippen LogP contribution in [-0.2, 0) is 6.42 Å². The van der Waals surface area contributed by atoms with Crippen LogP contribution in [-0.4, -0.2) is 6.54 Å². The normalized spacial score (nSPS) is 12.3. The Kier molecular flexibility index (Phi) is 5.31. The Labute approximate surface area is 120 Å². The molecule has 2 rings (SSSR count). The molecule has 0 heterocycles. The van der Waals surface area contributed by atoms with Crippen LogP contribution in [0.1, 0.15) is 43.0 Å². The maximum absolute atomic E-state index is 13.1. The van der Waals surface area contributed by atoms with Gasteiger partial charge in [0.1, 0.15) is 5.82 Å². The zero-order valence-electron chi connectivity index (χ0n) is 12.2. The van der Waals surface area contributed by atoms with Gasteiger partial charge in [0, 0.05) is 0 Å². The topological polar surface area (TPSA) is 12.0 Å². The smallest absolute Gasteiger partial charge is 0.123 e. The number of hydrogen-bond donors (Lipinski definition) is 1. The van der Waals surface area contributed by atoms with Gasteiger partial charge in [0.25, 0.3) is 0 Å². The van der Waals surface area contributed by atoms with Crippen molar-refractivity contribution in [3.63, 3.8) is 0 Å². The molecule has 1 N–H and O–H groups in total. The van der Waals surface area contributed by atoms with E-state index in [0.29, 0.717) is 0 Å². The summed E-state index contributed by atoms with van der Waals surface area (Å²) in [6.07, 6.45) is 2.27. The second kappa shape index (κ2) is 7.20. The third-order valence-corrected chi connectivity index (χ3v) is 3.46. The van der Waals surface area contributed by atoms with E-state index < -0.39 is 0 Å². The summed E-state index contributed by atoms with van der Waals surface area (Å²) in [5.41, 5.74) is 3.68. The SMILES string of the molecule is CCCc1ccc(C(NCC)c2ccc(F)cc2)cc1. The Hall–Kier alpha value is -1.67. The molecule has 0 aliphatic heterocycles. The minimum atomic E-state index is -0.192. The molecule has 0 bridgehead atoms. The van der Waals surface area contributed by atoms with Crippen molar-refractivity contribution in [3.05, 3.63) is 71.0 Å². The van der Waals surface area contributed by atoms with E-state index >= 15 is 0 Å². The van der Waals surface area contributed by atoms with Gasteiger partial charge >= 0.3 is 0 Å². The van der Waals surface area contributed by atoms with Crippen molar-refractivity contribution in [2.45, 2.75) is 32.7 Å². The maximum atomic E-state index is 13.1. The molecule has 0 fully saturated rings. The Bertz CT molecular complexity index is 516. The Morgan fingerprint density at radius 2 is 1.45 bits per heavy atom. The van der Waals surface area contributed by atoms with Gasteiger partial charge in [-0.1, -0.05) is 56.7 Å². The van der Waals surface area contributed by atoms with Crippen LogP contribution < -0.4 is 5.32 Å². The minimum absolute atomic E-state index is 0.122. The van der Waals surface area contributed by atoms with E-state index in [4.69, 9.17) is 0 Å². The van der Waals surface area contributed by atoms with E-state index in [2.05, 4.69) is 43.4 Å². The zero-order chi connectivity index (χ0) is 14.4. The number of aryl methyl sites for hydroxylation is 1. The first-order chi connectivity index (χ1) is 9.74.